The van der Waals surface area contributed by atoms with Crippen LogP contribution in [0.15, 0.2) is 75.4 Å². The van der Waals surface area contributed by atoms with Gasteiger partial charge in [0.1, 0.15) is 10.5 Å². The van der Waals surface area contributed by atoms with E-state index in [1.54, 1.807) is 34.6 Å². The Morgan fingerprint density at radius 3 is 2.42 bits per heavy atom. The molecule has 0 saturated heterocycles. The number of nitrogens with zero attached hydrogens (tertiary/aromatic N) is 4. The third-order valence-corrected chi connectivity index (χ3v) is 9.55. The normalized spacial score (nSPS) is 14.8. The summed E-state index contributed by atoms with van der Waals surface area (Å²) in [7, 11) is 1.78. The van der Waals surface area contributed by atoms with Gasteiger partial charge in [0.05, 0.1) is 28.2 Å². The van der Waals surface area contributed by atoms with E-state index in [1.807, 2.05) is 60.7 Å². The molecular formula is C30H29N5O3S2. The zero-order valence-corrected chi connectivity index (χ0v) is 24.1. The Kier molecular flexibility index (Phi) is 6.97. The molecule has 0 fully saturated rings. The lowest BCUT2D eigenvalue weighted by Gasteiger charge is -2.17. The first kappa shape index (κ1) is 26.3. The fourth-order valence-electron chi connectivity index (χ4n) is 5.29. The molecule has 40 heavy (non-hydrogen) atoms. The predicted molar refractivity (Wildman–Crippen MR) is 162 cm³/mol. The summed E-state index contributed by atoms with van der Waals surface area (Å²) in [5.74, 6) is 0.234. The van der Waals surface area contributed by atoms with E-state index < -0.39 is 0 Å². The molecule has 0 unspecified atom stereocenters. The van der Waals surface area contributed by atoms with Gasteiger partial charge in [0.15, 0.2) is 5.16 Å². The van der Waals surface area contributed by atoms with Gasteiger partial charge in [-0.3, -0.25) is 23.6 Å². The average molecular weight is 572 g/mol. The molecule has 10 heteroatoms. The molecule has 0 spiro atoms. The molecule has 0 radical (unpaired) electrons. The highest BCUT2D eigenvalue weighted by molar-refractivity contribution is 7.99. The molecule has 2 aromatic carbocycles. The molecule has 1 amide bonds. The van der Waals surface area contributed by atoms with Crippen LogP contribution in [0.3, 0.4) is 0 Å². The Morgan fingerprint density at radius 2 is 1.73 bits per heavy atom. The van der Waals surface area contributed by atoms with E-state index in [1.165, 1.54) is 21.3 Å². The van der Waals surface area contributed by atoms with Crippen LogP contribution in [-0.2, 0) is 24.7 Å². The highest BCUT2D eigenvalue weighted by Gasteiger charge is 2.26. The second-order valence-electron chi connectivity index (χ2n) is 10.2. The van der Waals surface area contributed by atoms with Gasteiger partial charge in [0.25, 0.3) is 11.1 Å². The summed E-state index contributed by atoms with van der Waals surface area (Å²) >= 11 is 2.79. The molecule has 0 aliphatic heterocycles. The first-order valence-corrected chi connectivity index (χ1v) is 15.0. The largest absolute Gasteiger partial charge is 0.319 e. The number of benzene rings is 2. The Labute approximate surface area is 239 Å². The molecule has 0 bridgehead atoms. The van der Waals surface area contributed by atoms with E-state index in [4.69, 9.17) is 4.98 Å². The van der Waals surface area contributed by atoms with Crippen molar-refractivity contribution in [2.45, 2.75) is 38.3 Å². The number of nitrogens with one attached hydrogen (secondary N) is 1. The molecule has 3 heterocycles. The van der Waals surface area contributed by atoms with E-state index in [9.17, 15) is 14.4 Å². The maximum atomic E-state index is 13.9. The van der Waals surface area contributed by atoms with Gasteiger partial charge in [-0.25, -0.2) is 9.67 Å². The monoisotopic (exact) mass is 571 g/mol. The number of anilines is 1. The predicted octanol–water partition coefficient (Wildman–Crippen LogP) is 5.10. The van der Waals surface area contributed by atoms with Crippen molar-refractivity contribution < 1.29 is 4.79 Å². The van der Waals surface area contributed by atoms with Crippen molar-refractivity contribution in [3.05, 3.63) is 97.5 Å². The van der Waals surface area contributed by atoms with E-state index in [0.29, 0.717) is 33.5 Å². The third kappa shape index (κ3) is 4.61. The number of carbonyl (C=O) groups is 1. The van der Waals surface area contributed by atoms with Crippen molar-refractivity contribution in [3.63, 3.8) is 0 Å². The summed E-state index contributed by atoms with van der Waals surface area (Å²) < 4.78 is 4.87. The summed E-state index contributed by atoms with van der Waals surface area (Å²) in [5, 5.41) is 3.96. The van der Waals surface area contributed by atoms with Crippen LogP contribution in [0, 0.1) is 12.8 Å². The molecule has 5 aromatic rings. The van der Waals surface area contributed by atoms with Crippen molar-refractivity contribution in [2.75, 3.05) is 11.1 Å². The van der Waals surface area contributed by atoms with Crippen LogP contribution < -0.4 is 16.4 Å². The molecule has 1 aliphatic rings. The lowest BCUT2D eigenvalue weighted by atomic mass is 9.89. The van der Waals surface area contributed by atoms with E-state index in [0.717, 1.165) is 29.7 Å². The number of aryl methyl sites for hydroxylation is 1. The molecular weight excluding hydrogens is 542 g/mol. The van der Waals surface area contributed by atoms with Gasteiger partial charge >= 0.3 is 0 Å². The van der Waals surface area contributed by atoms with Crippen LogP contribution in [0.4, 0.5) is 5.69 Å². The number of para-hydroxylation sites is 2. The van der Waals surface area contributed by atoms with Gasteiger partial charge in [-0.1, -0.05) is 55.1 Å². The van der Waals surface area contributed by atoms with Gasteiger partial charge in [-0.05, 0) is 61.9 Å². The summed E-state index contributed by atoms with van der Waals surface area (Å²) in [4.78, 5) is 47.2. The van der Waals surface area contributed by atoms with Crippen LogP contribution in [0.25, 0.3) is 21.6 Å². The summed E-state index contributed by atoms with van der Waals surface area (Å²) in [6.45, 7) is 4.04. The molecule has 3 aromatic heterocycles. The number of thiophene rings is 1. The Bertz CT molecular complexity index is 1850. The zero-order chi connectivity index (χ0) is 28.0. The smallest absolute Gasteiger partial charge is 0.295 e. The highest BCUT2D eigenvalue weighted by atomic mass is 32.2. The molecule has 8 nitrogen and oxygen atoms in total. The lowest BCUT2D eigenvalue weighted by molar-refractivity contribution is -0.113. The fraction of sp³-hybridized carbons (Fsp3) is 0.267. The minimum absolute atomic E-state index is 0.00792. The summed E-state index contributed by atoms with van der Waals surface area (Å²) in [5.41, 5.74) is 3.03. The van der Waals surface area contributed by atoms with Crippen molar-refractivity contribution in [3.8, 4) is 11.4 Å². The third-order valence-electron chi connectivity index (χ3n) is 7.46. The van der Waals surface area contributed by atoms with Crippen LogP contribution >= 0.6 is 23.1 Å². The maximum absolute atomic E-state index is 13.9. The van der Waals surface area contributed by atoms with Crippen molar-refractivity contribution >= 4 is 44.9 Å². The minimum atomic E-state index is -0.343. The fourth-order valence-corrected chi connectivity index (χ4v) is 7.53. The Hall–Kier alpha value is -3.89. The first-order valence-electron chi connectivity index (χ1n) is 13.2. The van der Waals surface area contributed by atoms with Crippen LogP contribution in [0.1, 0.15) is 29.5 Å². The van der Waals surface area contributed by atoms with Crippen LogP contribution in [0.5, 0.6) is 0 Å². The Morgan fingerprint density at radius 1 is 1.05 bits per heavy atom. The van der Waals surface area contributed by atoms with Gasteiger partial charge in [0.2, 0.25) is 5.91 Å². The van der Waals surface area contributed by atoms with Crippen molar-refractivity contribution in [2.24, 2.45) is 13.0 Å². The van der Waals surface area contributed by atoms with Crippen molar-refractivity contribution in [1.29, 1.82) is 0 Å². The second kappa shape index (κ2) is 10.6. The zero-order valence-electron chi connectivity index (χ0n) is 22.5. The van der Waals surface area contributed by atoms with Gasteiger partial charge < -0.3 is 5.32 Å². The quantitative estimate of drug-likeness (QED) is 0.226. The lowest BCUT2D eigenvalue weighted by Crippen LogP contribution is -2.25. The van der Waals surface area contributed by atoms with E-state index >= 15 is 0 Å². The standard InChI is InChI=1S/C30H29N5O3S2/c1-18-14-15-22-23(16-18)40-27-25(22)28(37)34(20-10-6-4-7-11-20)30(32-27)39-17-24(36)31-26-19(2)33(3)35(29(26)38)21-12-8-5-9-13-21/h4-13,18H,14-17H2,1-3H3,(H,31,36)/t18-/m1/s1. The van der Waals surface area contributed by atoms with Gasteiger partial charge in [-0.2, -0.15) is 0 Å². The number of hydrogen-bond donors (Lipinski definition) is 1. The second-order valence-corrected chi connectivity index (χ2v) is 12.2. The average Bonchev–Trinajstić information content (AvgIpc) is 3.42. The van der Waals surface area contributed by atoms with Gasteiger partial charge in [-0.15, -0.1) is 11.3 Å². The number of hydrogen-bond acceptors (Lipinski definition) is 6. The molecule has 1 N–H and O–H groups in total. The highest BCUT2D eigenvalue weighted by Crippen LogP contribution is 2.37. The molecule has 6 rings (SSSR count). The number of carbonyl (C=O) groups excluding carboxylic acids is 1. The molecule has 1 aliphatic carbocycles. The first-order chi connectivity index (χ1) is 19.3. The number of aromatic nitrogens is 4. The van der Waals surface area contributed by atoms with Crippen molar-refractivity contribution in [1.82, 2.24) is 18.9 Å². The maximum Gasteiger partial charge on any atom is 0.295 e. The van der Waals surface area contributed by atoms with E-state index in [2.05, 4.69) is 12.2 Å². The number of amides is 1. The topological polar surface area (TPSA) is 90.9 Å². The Balaban J connectivity index is 1.33. The van der Waals surface area contributed by atoms with Crippen LogP contribution in [0.2, 0.25) is 0 Å². The molecule has 0 saturated carbocycles. The molecule has 204 valence electrons. The van der Waals surface area contributed by atoms with Crippen LogP contribution in [-0.4, -0.2) is 30.6 Å². The number of thioether (sulfide) groups is 1. The van der Waals surface area contributed by atoms with E-state index in [-0.39, 0.29) is 28.5 Å². The number of rotatable bonds is 6. The minimum Gasteiger partial charge on any atom is -0.319 e. The number of fused-ring (bicyclic) bond motifs is 3. The SMILES string of the molecule is Cc1c(NC(=O)CSc2nc3sc4c(c3c(=O)n2-c2ccccc2)CC[C@@H](C)C4)c(=O)n(-c2ccccc2)n1C. The summed E-state index contributed by atoms with van der Waals surface area (Å²) in [6, 6.07) is 18.7. The summed E-state index contributed by atoms with van der Waals surface area (Å²) in [6.07, 6.45) is 2.90. The van der Waals surface area contributed by atoms with Gasteiger partial charge in [0, 0.05) is 11.9 Å². The molecule has 1 atom stereocenters.